The van der Waals surface area contributed by atoms with Crippen LogP contribution in [0.15, 0.2) is 40.2 Å². The predicted octanol–water partition coefficient (Wildman–Crippen LogP) is 1.24. The second-order valence-electron chi connectivity index (χ2n) is 5.60. The highest BCUT2D eigenvalue weighted by Gasteiger charge is 2.29. The number of benzene rings is 1. The number of sulfonamides is 1. The van der Waals surface area contributed by atoms with E-state index in [9.17, 15) is 13.2 Å². The second kappa shape index (κ2) is 6.54. The van der Waals surface area contributed by atoms with Crippen molar-refractivity contribution in [1.29, 1.82) is 0 Å². The number of aromatic nitrogens is 2. The summed E-state index contributed by atoms with van der Waals surface area (Å²) in [5, 5.41) is 6.09. The van der Waals surface area contributed by atoms with Gasteiger partial charge >= 0.3 is 0 Å². The standard InChI is InChI=1S/C15H17ClN4O3S/c1-11-2-4-12(5-3-11)24(22,23)20-8-6-19(7-9-20)13-10-17-18-15(21)14(13)16/h2-5,10H,6-9H2,1H3,(H,18,21). The molecule has 0 radical (unpaired) electrons. The van der Waals surface area contributed by atoms with E-state index in [1.807, 2.05) is 11.8 Å². The van der Waals surface area contributed by atoms with Gasteiger partial charge in [-0.1, -0.05) is 29.3 Å². The van der Waals surface area contributed by atoms with Gasteiger partial charge in [-0.2, -0.15) is 9.40 Å². The molecule has 0 amide bonds. The van der Waals surface area contributed by atoms with Crippen LogP contribution in [-0.2, 0) is 10.0 Å². The molecule has 2 heterocycles. The summed E-state index contributed by atoms with van der Waals surface area (Å²) in [4.78, 5) is 13.7. The number of aromatic amines is 1. The fraction of sp³-hybridized carbons (Fsp3) is 0.333. The van der Waals surface area contributed by atoms with Crippen molar-refractivity contribution in [2.24, 2.45) is 0 Å². The summed E-state index contributed by atoms with van der Waals surface area (Å²) in [6.45, 7) is 3.43. The van der Waals surface area contributed by atoms with Crippen LogP contribution in [0.25, 0.3) is 0 Å². The number of halogens is 1. The third-order valence-corrected chi connectivity index (χ3v) is 6.29. The van der Waals surface area contributed by atoms with Crippen LogP contribution in [-0.4, -0.2) is 49.1 Å². The van der Waals surface area contributed by atoms with Gasteiger partial charge in [0.1, 0.15) is 5.02 Å². The first-order valence-electron chi connectivity index (χ1n) is 7.44. The molecule has 1 N–H and O–H groups in total. The minimum Gasteiger partial charge on any atom is -0.366 e. The number of H-pyrrole nitrogens is 1. The summed E-state index contributed by atoms with van der Waals surface area (Å²) in [6.07, 6.45) is 1.48. The van der Waals surface area contributed by atoms with Gasteiger partial charge < -0.3 is 4.90 Å². The topological polar surface area (TPSA) is 86.4 Å². The monoisotopic (exact) mass is 368 g/mol. The van der Waals surface area contributed by atoms with Gasteiger partial charge in [0, 0.05) is 26.2 Å². The Morgan fingerprint density at radius 1 is 1.12 bits per heavy atom. The van der Waals surface area contributed by atoms with Crippen LogP contribution in [0.3, 0.4) is 0 Å². The summed E-state index contributed by atoms with van der Waals surface area (Å²) in [7, 11) is -3.51. The molecule has 0 unspecified atom stereocenters. The average molecular weight is 369 g/mol. The molecule has 0 bridgehead atoms. The first-order chi connectivity index (χ1) is 11.4. The van der Waals surface area contributed by atoms with Crippen molar-refractivity contribution in [3.63, 3.8) is 0 Å². The van der Waals surface area contributed by atoms with Crippen LogP contribution in [0.1, 0.15) is 5.56 Å². The quantitative estimate of drug-likeness (QED) is 0.880. The molecule has 1 aliphatic heterocycles. The van der Waals surface area contributed by atoms with Crippen molar-refractivity contribution in [2.75, 3.05) is 31.1 Å². The number of hydrogen-bond donors (Lipinski definition) is 1. The molecule has 7 nitrogen and oxygen atoms in total. The number of nitrogens with one attached hydrogen (secondary N) is 1. The smallest absolute Gasteiger partial charge is 0.285 e. The minimum atomic E-state index is -3.51. The fourth-order valence-corrected chi connectivity index (χ4v) is 4.26. The van der Waals surface area contributed by atoms with Crippen molar-refractivity contribution in [3.05, 3.63) is 51.4 Å². The van der Waals surface area contributed by atoms with Gasteiger partial charge in [0.25, 0.3) is 5.56 Å². The summed E-state index contributed by atoms with van der Waals surface area (Å²) < 4.78 is 26.8. The lowest BCUT2D eigenvalue weighted by molar-refractivity contribution is 0.384. The van der Waals surface area contributed by atoms with Crippen molar-refractivity contribution >= 4 is 27.3 Å². The Balaban J connectivity index is 1.76. The molecule has 0 spiro atoms. The summed E-state index contributed by atoms with van der Waals surface area (Å²) in [5.41, 5.74) is 1.08. The molecule has 2 aromatic rings. The summed E-state index contributed by atoms with van der Waals surface area (Å²) in [5.74, 6) is 0. The van der Waals surface area contributed by atoms with E-state index in [2.05, 4.69) is 10.2 Å². The number of hydrogen-bond acceptors (Lipinski definition) is 5. The van der Waals surface area contributed by atoms with Gasteiger partial charge in [-0.3, -0.25) is 4.79 Å². The molecular weight excluding hydrogens is 352 g/mol. The van der Waals surface area contributed by atoms with Gasteiger partial charge in [-0.25, -0.2) is 13.5 Å². The van der Waals surface area contributed by atoms with Crippen LogP contribution in [0, 0.1) is 6.92 Å². The van der Waals surface area contributed by atoms with Gasteiger partial charge in [0.2, 0.25) is 10.0 Å². The highest BCUT2D eigenvalue weighted by atomic mass is 35.5. The number of rotatable bonds is 3. The van der Waals surface area contributed by atoms with Crippen LogP contribution in [0.2, 0.25) is 5.02 Å². The summed E-state index contributed by atoms with van der Waals surface area (Å²) in [6, 6.07) is 6.80. The minimum absolute atomic E-state index is 0.0693. The maximum atomic E-state index is 12.7. The van der Waals surface area contributed by atoms with Crippen molar-refractivity contribution in [1.82, 2.24) is 14.5 Å². The van der Waals surface area contributed by atoms with E-state index in [1.54, 1.807) is 24.3 Å². The first kappa shape index (κ1) is 16.9. The SMILES string of the molecule is Cc1ccc(S(=O)(=O)N2CCN(c3cn[nH]c(=O)c3Cl)CC2)cc1. The predicted molar refractivity (Wildman–Crippen MR) is 92.0 cm³/mol. The third-order valence-electron chi connectivity index (χ3n) is 4.02. The number of anilines is 1. The van der Waals surface area contributed by atoms with E-state index in [-0.39, 0.29) is 9.92 Å². The zero-order chi connectivity index (χ0) is 17.3. The normalized spacial score (nSPS) is 16.3. The largest absolute Gasteiger partial charge is 0.366 e. The molecule has 3 rings (SSSR count). The Hall–Kier alpha value is -1.90. The van der Waals surface area contributed by atoms with Crippen LogP contribution in [0.5, 0.6) is 0 Å². The van der Waals surface area contributed by atoms with Gasteiger partial charge in [0.05, 0.1) is 16.8 Å². The maximum Gasteiger partial charge on any atom is 0.285 e. The molecule has 0 atom stereocenters. The lowest BCUT2D eigenvalue weighted by Gasteiger charge is -2.35. The van der Waals surface area contributed by atoms with Crippen LogP contribution >= 0.6 is 11.6 Å². The molecule has 1 fully saturated rings. The molecule has 0 aliphatic carbocycles. The number of aryl methyl sites for hydroxylation is 1. The molecule has 9 heteroatoms. The highest BCUT2D eigenvalue weighted by Crippen LogP contribution is 2.24. The van der Waals surface area contributed by atoms with Crippen LogP contribution in [0.4, 0.5) is 5.69 Å². The maximum absolute atomic E-state index is 12.7. The van der Waals surface area contributed by atoms with E-state index in [0.29, 0.717) is 31.9 Å². The molecule has 24 heavy (non-hydrogen) atoms. The van der Waals surface area contributed by atoms with Gasteiger partial charge in [0.15, 0.2) is 0 Å². The van der Waals surface area contributed by atoms with E-state index < -0.39 is 15.6 Å². The van der Waals surface area contributed by atoms with E-state index in [4.69, 9.17) is 11.6 Å². The van der Waals surface area contributed by atoms with E-state index in [0.717, 1.165) is 5.56 Å². The first-order valence-corrected chi connectivity index (χ1v) is 9.26. The Morgan fingerprint density at radius 3 is 2.38 bits per heavy atom. The Kier molecular flexibility index (Phi) is 4.62. The zero-order valence-electron chi connectivity index (χ0n) is 13.1. The Bertz CT molecular complexity index is 888. The lowest BCUT2D eigenvalue weighted by atomic mass is 10.2. The zero-order valence-corrected chi connectivity index (χ0v) is 14.6. The molecule has 0 saturated carbocycles. The molecule has 1 saturated heterocycles. The number of nitrogens with zero attached hydrogens (tertiary/aromatic N) is 3. The van der Waals surface area contributed by atoms with Crippen molar-refractivity contribution < 1.29 is 8.42 Å². The molecule has 128 valence electrons. The highest BCUT2D eigenvalue weighted by molar-refractivity contribution is 7.89. The fourth-order valence-electron chi connectivity index (χ4n) is 2.62. The van der Waals surface area contributed by atoms with Crippen molar-refractivity contribution in [2.45, 2.75) is 11.8 Å². The Morgan fingerprint density at radius 2 is 1.75 bits per heavy atom. The molecule has 1 aromatic heterocycles. The molecular formula is C15H17ClN4O3S. The third kappa shape index (κ3) is 3.17. The van der Waals surface area contributed by atoms with Gasteiger partial charge in [-0.15, -0.1) is 0 Å². The number of piperazine rings is 1. The van der Waals surface area contributed by atoms with E-state index in [1.165, 1.54) is 10.5 Å². The second-order valence-corrected chi connectivity index (χ2v) is 7.92. The van der Waals surface area contributed by atoms with Gasteiger partial charge in [-0.05, 0) is 19.1 Å². The lowest BCUT2D eigenvalue weighted by Crippen LogP contribution is -2.49. The Labute approximate surface area is 144 Å². The summed E-state index contributed by atoms with van der Waals surface area (Å²) >= 11 is 6.01. The average Bonchev–Trinajstić information content (AvgIpc) is 2.58. The molecule has 1 aromatic carbocycles. The molecule has 1 aliphatic rings. The van der Waals surface area contributed by atoms with Crippen molar-refractivity contribution in [3.8, 4) is 0 Å². The van der Waals surface area contributed by atoms with Crippen LogP contribution < -0.4 is 10.5 Å². The van der Waals surface area contributed by atoms with E-state index >= 15 is 0 Å².